The van der Waals surface area contributed by atoms with Gasteiger partial charge in [0.1, 0.15) is 17.4 Å². The lowest BCUT2D eigenvalue weighted by Crippen LogP contribution is -2.53. The maximum Gasteiger partial charge on any atom is 0.404 e. The zero-order valence-electron chi connectivity index (χ0n) is 16.2. The Morgan fingerprint density at radius 3 is 2.61 bits per heavy atom. The topological polar surface area (TPSA) is 130 Å². The smallest absolute Gasteiger partial charge is 0.404 e. The fraction of sp³-hybridized carbons (Fsp3) is 0.474. The van der Waals surface area contributed by atoms with Crippen molar-refractivity contribution in [2.75, 3.05) is 13.7 Å². The van der Waals surface area contributed by atoms with E-state index in [2.05, 4.69) is 0 Å². The molecule has 0 aliphatic rings. The lowest BCUT2D eigenvalue weighted by atomic mass is 9.96. The predicted octanol–water partition coefficient (Wildman–Crippen LogP) is 1.78. The third kappa shape index (κ3) is 5.44. The second-order valence-corrected chi connectivity index (χ2v) is 6.68. The van der Waals surface area contributed by atoms with Gasteiger partial charge in [0.25, 0.3) is 0 Å². The normalized spacial score (nSPS) is 15.0. The molecule has 0 aliphatic carbocycles. The molecule has 0 saturated carbocycles. The van der Waals surface area contributed by atoms with E-state index in [9.17, 15) is 14.7 Å². The lowest BCUT2D eigenvalue weighted by molar-refractivity contribution is -0.215. The number of primary amides is 1. The first-order valence-corrected chi connectivity index (χ1v) is 8.64. The fourth-order valence-electron chi connectivity index (χ4n) is 3.06. The Morgan fingerprint density at radius 1 is 1.29 bits per heavy atom. The number of rotatable bonds is 9. The van der Waals surface area contributed by atoms with E-state index in [1.165, 1.54) is 13.2 Å². The Balaban J connectivity index is 2.10. The number of amides is 1. The van der Waals surface area contributed by atoms with Gasteiger partial charge in [-0.05, 0) is 45.0 Å². The van der Waals surface area contributed by atoms with Crippen molar-refractivity contribution in [1.82, 2.24) is 0 Å². The van der Waals surface area contributed by atoms with E-state index in [1.54, 1.807) is 45.0 Å². The number of carbonyl (C=O) groups excluding carboxylic acids is 1. The number of hydrogen-bond donors (Lipinski definition) is 2. The Kier molecular flexibility index (Phi) is 7.00. The number of aliphatic hydroxyl groups excluding tert-OH is 1. The van der Waals surface area contributed by atoms with Crippen molar-refractivity contribution in [2.24, 2.45) is 5.73 Å². The van der Waals surface area contributed by atoms with Gasteiger partial charge >= 0.3 is 11.7 Å². The van der Waals surface area contributed by atoms with Crippen molar-refractivity contribution in [3.63, 3.8) is 0 Å². The van der Waals surface area contributed by atoms with Crippen LogP contribution in [-0.4, -0.2) is 49.0 Å². The maximum atomic E-state index is 11.3. The number of ether oxygens (including phenoxy) is 4. The van der Waals surface area contributed by atoms with Crippen LogP contribution in [0.2, 0.25) is 0 Å². The summed E-state index contributed by atoms with van der Waals surface area (Å²) < 4.78 is 27.1. The van der Waals surface area contributed by atoms with Gasteiger partial charge in [0.2, 0.25) is 0 Å². The molecule has 1 amide bonds. The van der Waals surface area contributed by atoms with Gasteiger partial charge in [0.05, 0.1) is 12.2 Å². The first-order chi connectivity index (χ1) is 13.2. The highest BCUT2D eigenvalue weighted by Crippen LogP contribution is 2.26. The Hall–Kier alpha value is -2.62. The molecular formula is C19H25NO8. The number of carbonyl (C=O) groups is 1. The summed E-state index contributed by atoms with van der Waals surface area (Å²) in [6.45, 7) is 4.62. The summed E-state index contributed by atoms with van der Waals surface area (Å²) in [4.78, 5) is 22.3. The zero-order chi connectivity index (χ0) is 20.9. The summed E-state index contributed by atoms with van der Waals surface area (Å²) in [6, 6.07) is 7.96. The molecule has 9 nitrogen and oxygen atoms in total. The minimum absolute atomic E-state index is 0.429. The van der Waals surface area contributed by atoms with Crippen LogP contribution in [0, 0.1) is 0 Å². The van der Waals surface area contributed by atoms with Gasteiger partial charge in [-0.25, -0.2) is 9.59 Å². The Labute approximate surface area is 161 Å². The molecule has 0 saturated heterocycles. The van der Waals surface area contributed by atoms with E-state index < -0.39 is 42.4 Å². The average Bonchev–Trinajstić information content (AvgIpc) is 2.60. The summed E-state index contributed by atoms with van der Waals surface area (Å²) in [5.41, 5.74) is 4.06. The van der Waals surface area contributed by atoms with E-state index in [0.717, 1.165) is 0 Å². The molecule has 2 rings (SSSR count). The highest BCUT2D eigenvalue weighted by Gasteiger charge is 2.40. The number of methoxy groups -OCH3 is 1. The summed E-state index contributed by atoms with van der Waals surface area (Å²) in [6.07, 6.45) is -3.55. The first-order valence-electron chi connectivity index (χ1n) is 8.64. The second kappa shape index (κ2) is 9.05. The average molecular weight is 395 g/mol. The molecule has 1 aromatic heterocycles. The molecular weight excluding hydrogens is 370 g/mol. The number of aliphatic hydroxyl groups is 1. The van der Waals surface area contributed by atoms with Crippen molar-refractivity contribution < 1.29 is 33.3 Å². The molecule has 1 heterocycles. The largest absolute Gasteiger partial charge is 0.465 e. The van der Waals surface area contributed by atoms with Gasteiger partial charge in [-0.3, -0.25) is 0 Å². The molecule has 0 aliphatic heterocycles. The van der Waals surface area contributed by atoms with Crippen LogP contribution < -0.4 is 16.1 Å². The fourth-order valence-corrected chi connectivity index (χ4v) is 3.06. The summed E-state index contributed by atoms with van der Waals surface area (Å²) in [5.74, 6) is 0.505. The second-order valence-electron chi connectivity index (χ2n) is 6.68. The third-order valence-electron chi connectivity index (χ3n) is 4.09. The van der Waals surface area contributed by atoms with Crippen LogP contribution in [0.3, 0.4) is 0 Å². The number of benzene rings is 1. The first kappa shape index (κ1) is 21.7. The van der Waals surface area contributed by atoms with Gasteiger partial charge in [-0.2, -0.15) is 0 Å². The van der Waals surface area contributed by atoms with Gasteiger partial charge in [0, 0.05) is 18.6 Å². The van der Waals surface area contributed by atoms with Crippen molar-refractivity contribution in [2.45, 2.75) is 44.9 Å². The molecule has 0 fully saturated rings. The molecule has 0 radical (unpaired) electrons. The molecule has 3 atom stereocenters. The minimum atomic E-state index is -1.02. The van der Waals surface area contributed by atoms with E-state index in [1.807, 2.05) is 0 Å². The Bertz CT molecular complexity index is 862. The van der Waals surface area contributed by atoms with Crippen molar-refractivity contribution >= 4 is 17.1 Å². The maximum absolute atomic E-state index is 11.3. The van der Waals surface area contributed by atoms with Crippen LogP contribution in [-0.2, 0) is 14.2 Å². The zero-order valence-corrected chi connectivity index (χ0v) is 16.2. The summed E-state index contributed by atoms with van der Waals surface area (Å²) in [5, 5.41) is 10.2. The number of hydrogen-bond acceptors (Lipinski definition) is 8. The Morgan fingerprint density at radius 2 is 2.00 bits per heavy atom. The van der Waals surface area contributed by atoms with Crippen molar-refractivity contribution in [3.05, 3.63) is 40.8 Å². The van der Waals surface area contributed by atoms with Crippen LogP contribution in [0.5, 0.6) is 5.75 Å². The molecule has 1 aromatic carbocycles. The van der Waals surface area contributed by atoms with Crippen LogP contribution in [0.15, 0.2) is 39.5 Å². The molecule has 2 aromatic rings. The summed E-state index contributed by atoms with van der Waals surface area (Å²) in [7, 11) is 1.41. The van der Waals surface area contributed by atoms with E-state index in [0.29, 0.717) is 16.7 Å². The quantitative estimate of drug-likeness (QED) is 0.485. The van der Waals surface area contributed by atoms with Gasteiger partial charge < -0.3 is 34.2 Å². The number of fused-ring (bicyclic) bond motifs is 1. The molecule has 3 unspecified atom stereocenters. The molecule has 0 spiro atoms. The highest BCUT2D eigenvalue weighted by molar-refractivity contribution is 5.77. The van der Waals surface area contributed by atoms with Crippen LogP contribution >= 0.6 is 0 Å². The van der Waals surface area contributed by atoms with Gasteiger partial charge in [-0.1, -0.05) is 0 Å². The highest BCUT2D eigenvalue weighted by atomic mass is 16.7. The van der Waals surface area contributed by atoms with E-state index in [4.69, 9.17) is 29.1 Å². The van der Waals surface area contributed by atoms with Gasteiger partial charge in [-0.15, -0.1) is 0 Å². The van der Waals surface area contributed by atoms with E-state index >= 15 is 0 Å². The lowest BCUT2D eigenvalue weighted by Gasteiger charge is -2.38. The molecule has 3 N–H and O–H groups in total. The molecule has 28 heavy (non-hydrogen) atoms. The van der Waals surface area contributed by atoms with E-state index in [-0.39, 0.29) is 0 Å². The third-order valence-corrected chi connectivity index (χ3v) is 4.09. The van der Waals surface area contributed by atoms with Crippen LogP contribution in [0.1, 0.15) is 20.8 Å². The molecule has 0 bridgehead atoms. The number of nitrogens with two attached hydrogens (primary N) is 1. The summed E-state index contributed by atoms with van der Waals surface area (Å²) >= 11 is 0. The SMILES string of the molecule is COC(C(CO)OC(N)=O)C(C)(C)OC(C)Oc1ccc2oc(=O)ccc2c1. The van der Waals surface area contributed by atoms with Crippen LogP contribution in [0.4, 0.5) is 4.79 Å². The predicted molar refractivity (Wildman–Crippen MR) is 100 cm³/mol. The monoisotopic (exact) mass is 395 g/mol. The minimum Gasteiger partial charge on any atom is -0.465 e. The molecule has 154 valence electrons. The molecule has 9 heteroatoms. The van der Waals surface area contributed by atoms with Crippen molar-refractivity contribution in [3.8, 4) is 5.75 Å². The van der Waals surface area contributed by atoms with Gasteiger partial charge in [0.15, 0.2) is 12.4 Å². The van der Waals surface area contributed by atoms with Crippen molar-refractivity contribution in [1.29, 1.82) is 0 Å². The van der Waals surface area contributed by atoms with Crippen LogP contribution in [0.25, 0.3) is 11.0 Å². The standard InChI is InChI=1S/C19H25NO8/c1-11(25-13-6-7-14-12(9-13)5-8-16(22)26-14)28-19(2,3)17(24-4)15(10-21)27-18(20)23/h5-9,11,15,17,21H,10H2,1-4H3,(H2,20,23).